The van der Waals surface area contributed by atoms with Crippen LogP contribution in [-0.2, 0) is 17.9 Å². The molecular weight excluding hydrogens is 443 g/mol. The zero-order valence-corrected chi connectivity index (χ0v) is 19.5. The second kappa shape index (κ2) is 8.73. The molecule has 3 heteroatoms. The first-order valence-electron chi connectivity index (χ1n) is 10.1. The minimum absolute atomic E-state index is 0. The van der Waals surface area contributed by atoms with Crippen molar-refractivity contribution < 1.29 is 42.7 Å². The molecule has 3 unspecified atom stereocenters. The fourth-order valence-corrected chi connectivity index (χ4v) is 11.4. The molecule has 3 aromatic rings. The predicted molar refractivity (Wildman–Crippen MR) is 115 cm³/mol. The maximum Gasteiger partial charge on any atom is -1.00 e. The molecule has 0 aromatic heterocycles. The van der Waals surface area contributed by atoms with Gasteiger partial charge in [-0.2, -0.15) is 0 Å². The summed E-state index contributed by atoms with van der Waals surface area (Å²) in [6, 6.07) is 27.1. The van der Waals surface area contributed by atoms with Crippen LogP contribution in [-0.4, -0.2) is 0 Å². The van der Waals surface area contributed by atoms with Crippen LogP contribution in [0, 0.1) is 0 Å². The van der Waals surface area contributed by atoms with Crippen LogP contribution < -0.4 is 24.8 Å². The monoisotopic (exact) mass is 463 g/mol. The van der Waals surface area contributed by atoms with Gasteiger partial charge in [0.15, 0.2) is 0 Å². The van der Waals surface area contributed by atoms with Gasteiger partial charge in [-0.15, -0.1) is 0 Å². The predicted octanol–water partition coefficient (Wildman–Crippen LogP) is 0.917. The zero-order valence-electron chi connectivity index (χ0n) is 16.4. The van der Waals surface area contributed by atoms with Crippen LogP contribution in [0.4, 0.5) is 0 Å². The minimum atomic E-state index is -1.73. The first kappa shape index (κ1) is 21.4. The summed E-state index contributed by atoms with van der Waals surface area (Å²) in [5, 5.41) is 0. The van der Waals surface area contributed by atoms with Gasteiger partial charge in [-0.05, 0) is 0 Å². The van der Waals surface area contributed by atoms with Crippen LogP contribution in [0.3, 0.4) is 0 Å². The van der Waals surface area contributed by atoms with Crippen LogP contribution in [0.25, 0.3) is 18.2 Å². The second-order valence-electron chi connectivity index (χ2n) is 7.90. The van der Waals surface area contributed by atoms with Gasteiger partial charge in [0.05, 0.1) is 0 Å². The number of benzene rings is 3. The Bertz CT molecular complexity index is 1010. The van der Waals surface area contributed by atoms with E-state index in [9.17, 15) is 0 Å². The molecule has 30 heavy (non-hydrogen) atoms. The van der Waals surface area contributed by atoms with E-state index in [1.807, 2.05) is 0 Å². The van der Waals surface area contributed by atoms with Gasteiger partial charge in [-0.25, -0.2) is 0 Å². The Hall–Kier alpha value is -1.83. The number of hydrogen-bond acceptors (Lipinski definition) is 0. The van der Waals surface area contributed by atoms with E-state index in [1.54, 1.807) is 16.7 Å². The van der Waals surface area contributed by atoms with Gasteiger partial charge < -0.3 is 24.8 Å². The fraction of sp³-hybridized carbons (Fsp3) is 0.111. The molecule has 147 valence electrons. The van der Waals surface area contributed by atoms with Crippen molar-refractivity contribution in [1.29, 1.82) is 0 Å². The van der Waals surface area contributed by atoms with E-state index in [0.717, 1.165) is 0 Å². The van der Waals surface area contributed by atoms with Gasteiger partial charge in [0.25, 0.3) is 0 Å². The molecule has 0 amide bonds. The van der Waals surface area contributed by atoms with Crippen molar-refractivity contribution in [2.45, 2.75) is 12.7 Å². The molecule has 0 saturated carbocycles. The van der Waals surface area contributed by atoms with Crippen molar-refractivity contribution in [1.82, 2.24) is 0 Å². The Balaban J connectivity index is 0.00000109. The number of allylic oxidation sites excluding steroid dienone is 3. The van der Waals surface area contributed by atoms with Gasteiger partial charge in [-0.3, -0.25) is 0 Å². The average molecular weight is 464 g/mol. The maximum atomic E-state index is 2.52. The standard InChI is InChI=1S/3C9H7.2ClH.Ti/c3*1-2-5-9-7-3-6-8(9)4-1;;;/h3*1-7H;2*1H;/q;;;;;+2/p-2. The molecule has 0 spiro atoms. The molecule has 0 nitrogen and oxygen atoms in total. The molecule has 6 rings (SSSR count). The van der Waals surface area contributed by atoms with Crippen molar-refractivity contribution in [2.75, 3.05) is 0 Å². The van der Waals surface area contributed by atoms with Gasteiger partial charge in [0, 0.05) is 0 Å². The van der Waals surface area contributed by atoms with E-state index < -0.39 is 17.9 Å². The van der Waals surface area contributed by atoms with Crippen LogP contribution in [0.1, 0.15) is 46.0 Å². The number of hydrogen-bond donors (Lipinski definition) is 0. The van der Waals surface area contributed by atoms with Crippen molar-refractivity contribution in [3.05, 3.63) is 124 Å². The summed E-state index contributed by atoms with van der Waals surface area (Å²) in [5.74, 6) is 0. The Morgan fingerprint density at radius 1 is 0.433 bits per heavy atom. The fourth-order valence-electron chi connectivity index (χ4n) is 5.20. The summed E-state index contributed by atoms with van der Waals surface area (Å²) in [6.45, 7) is 0. The van der Waals surface area contributed by atoms with E-state index in [4.69, 9.17) is 0 Å². The van der Waals surface area contributed by atoms with E-state index in [-0.39, 0.29) is 24.8 Å². The molecule has 3 atom stereocenters. The van der Waals surface area contributed by atoms with Crippen LogP contribution in [0.15, 0.2) is 91.0 Å². The molecule has 0 aliphatic heterocycles. The quantitative estimate of drug-likeness (QED) is 0.506. The van der Waals surface area contributed by atoms with E-state index in [2.05, 4.69) is 109 Å². The van der Waals surface area contributed by atoms with Gasteiger partial charge in [0.2, 0.25) is 0 Å². The van der Waals surface area contributed by atoms with Gasteiger partial charge in [0.1, 0.15) is 0 Å². The molecule has 0 N–H and O–H groups in total. The summed E-state index contributed by atoms with van der Waals surface area (Å²) in [4.78, 5) is 0. The molecule has 0 radical (unpaired) electrons. The normalized spacial score (nSPS) is 21.4. The Labute approximate surface area is 197 Å². The smallest absolute Gasteiger partial charge is 1.00 e. The van der Waals surface area contributed by atoms with E-state index >= 15 is 0 Å². The average Bonchev–Trinajstić information content (AvgIpc) is 3.47. The summed E-state index contributed by atoms with van der Waals surface area (Å²) in [7, 11) is 0. The molecule has 0 fully saturated rings. The van der Waals surface area contributed by atoms with Crippen LogP contribution in [0.2, 0.25) is 0 Å². The Kier molecular flexibility index (Phi) is 6.23. The molecule has 3 aliphatic rings. The number of halogens is 2. The SMILES string of the molecule is C1=C[CH]([Ti+2]([CH]2C=Cc3ccccc32)[CH]2C=Cc3ccccc32)c2ccccc21.[Cl-].[Cl-]. The summed E-state index contributed by atoms with van der Waals surface area (Å²) in [5.41, 5.74) is 8.91. The van der Waals surface area contributed by atoms with E-state index in [1.165, 1.54) is 16.7 Å². The van der Waals surface area contributed by atoms with Crippen LogP contribution in [0.5, 0.6) is 0 Å². The van der Waals surface area contributed by atoms with E-state index in [0.29, 0.717) is 12.7 Å². The summed E-state index contributed by atoms with van der Waals surface area (Å²) < 4.78 is 1.79. The van der Waals surface area contributed by atoms with Gasteiger partial charge >= 0.3 is 173 Å². The minimum Gasteiger partial charge on any atom is -1.00 e. The molecule has 0 bridgehead atoms. The van der Waals surface area contributed by atoms with Crippen LogP contribution >= 0.6 is 0 Å². The van der Waals surface area contributed by atoms with Crippen molar-refractivity contribution in [3.63, 3.8) is 0 Å². The first-order valence-corrected chi connectivity index (χ1v) is 12.8. The number of rotatable bonds is 3. The number of fused-ring (bicyclic) bond motifs is 3. The molecule has 0 heterocycles. The Morgan fingerprint density at radius 3 is 1.07 bits per heavy atom. The third-order valence-corrected chi connectivity index (χ3v) is 12.2. The molecular formula is C27H21Cl2Ti. The maximum absolute atomic E-state index is 2.52. The summed E-state index contributed by atoms with van der Waals surface area (Å²) in [6.07, 6.45) is 14.6. The topological polar surface area (TPSA) is 0 Å². The molecule has 3 aliphatic carbocycles. The van der Waals surface area contributed by atoms with Gasteiger partial charge in [-0.1, -0.05) is 0 Å². The van der Waals surface area contributed by atoms with Crippen molar-refractivity contribution in [2.24, 2.45) is 0 Å². The zero-order chi connectivity index (χ0) is 18.5. The van der Waals surface area contributed by atoms with Crippen molar-refractivity contribution in [3.8, 4) is 0 Å². The second-order valence-corrected chi connectivity index (χ2v) is 12.4. The largest absolute Gasteiger partial charge is 1.00 e. The Morgan fingerprint density at radius 2 is 0.733 bits per heavy atom. The summed E-state index contributed by atoms with van der Waals surface area (Å²) >= 11 is -1.73. The third-order valence-electron chi connectivity index (χ3n) is 6.48. The molecule has 0 saturated heterocycles. The molecule has 3 aromatic carbocycles. The van der Waals surface area contributed by atoms with Crippen molar-refractivity contribution >= 4 is 18.2 Å². The first-order chi connectivity index (χ1) is 13.9. The third kappa shape index (κ3) is 3.37.